The Hall–Kier alpha value is -1.39. The van der Waals surface area contributed by atoms with Gasteiger partial charge in [0, 0.05) is 0 Å². The molecular weight excluding hydrogens is 230 g/mol. The van der Waals surface area contributed by atoms with E-state index in [1.165, 1.54) is 0 Å². The van der Waals surface area contributed by atoms with E-state index in [1.807, 2.05) is 6.92 Å². The number of hydrogen-bond donors (Lipinski definition) is 2. The summed E-state index contributed by atoms with van der Waals surface area (Å²) < 4.78 is 5.08. The molecule has 1 aliphatic carbocycles. The van der Waals surface area contributed by atoms with Crippen LogP contribution in [0.25, 0.3) is 0 Å². The molecule has 0 bridgehead atoms. The van der Waals surface area contributed by atoms with Gasteiger partial charge in [0.15, 0.2) is 5.78 Å². The number of rotatable bonds is 2. The molecule has 18 heavy (non-hydrogen) atoms. The van der Waals surface area contributed by atoms with Crippen LogP contribution in [0.5, 0.6) is 5.75 Å². The summed E-state index contributed by atoms with van der Waals surface area (Å²) in [5.41, 5.74) is 5.90. The number of methoxy groups -OCH3 is 1. The van der Waals surface area contributed by atoms with Crippen LogP contribution in [0.3, 0.4) is 0 Å². The third kappa shape index (κ3) is 2.13. The van der Waals surface area contributed by atoms with Gasteiger partial charge in [-0.15, -0.1) is 0 Å². The average molecular weight is 249 g/mol. The summed E-state index contributed by atoms with van der Waals surface area (Å²) in [5.74, 6) is 0.662. The molecule has 0 aromatic heterocycles. The predicted molar refractivity (Wildman–Crippen MR) is 68.3 cm³/mol. The zero-order chi connectivity index (χ0) is 13.3. The third-order valence-electron chi connectivity index (χ3n) is 3.64. The van der Waals surface area contributed by atoms with Gasteiger partial charge in [0.1, 0.15) is 17.4 Å². The second-order valence-electron chi connectivity index (χ2n) is 5.12. The van der Waals surface area contributed by atoms with Crippen molar-refractivity contribution in [3.63, 3.8) is 0 Å². The molecule has 0 radical (unpaired) electrons. The summed E-state index contributed by atoms with van der Waals surface area (Å²) in [7, 11) is 1.59. The SMILES string of the molecule is COc1ccc([C@@]2(N)C[C@H](C)C[C@H](O)C2=O)cc1. The van der Waals surface area contributed by atoms with Gasteiger partial charge in [-0.3, -0.25) is 4.79 Å². The first-order valence-corrected chi connectivity index (χ1v) is 6.13. The van der Waals surface area contributed by atoms with Crippen molar-refractivity contribution >= 4 is 5.78 Å². The molecule has 3 atom stereocenters. The highest BCUT2D eigenvalue weighted by molar-refractivity contribution is 5.93. The lowest BCUT2D eigenvalue weighted by atomic mass is 9.71. The van der Waals surface area contributed by atoms with E-state index in [0.29, 0.717) is 12.8 Å². The van der Waals surface area contributed by atoms with Crippen molar-refractivity contribution < 1.29 is 14.6 Å². The number of hydrogen-bond acceptors (Lipinski definition) is 4. The van der Waals surface area contributed by atoms with Crippen LogP contribution in [-0.2, 0) is 10.3 Å². The summed E-state index contributed by atoms with van der Waals surface area (Å²) in [6, 6.07) is 7.15. The second-order valence-corrected chi connectivity index (χ2v) is 5.12. The van der Waals surface area contributed by atoms with Gasteiger partial charge in [-0.1, -0.05) is 19.1 Å². The Bertz CT molecular complexity index is 443. The number of carbonyl (C=O) groups excluding carboxylic acids is 1. The van der Waals surface area contributed by atoms with E-state index in [2.05, 4.69) is 0 Å². The van der Waals surface area contributed by atoms with Crippen molar-refractivity contribution in [3.05, 3.63) is 29.8 Å². The van der Waals surface area contributed by atoms with E-state index in [-0.39, 0.29) is 11.7 Å². The highest BCUT2D eigenvalue weighted by Gasteiger charge is 2.44. The minimum atomic E-state index is -1.08. The van der Waals surface area contributed by atoms with Crippen molar-refractivity contribution in [2.75, 3.05) is 7.11 Å². The van der Waals surface area contributed by atoms with Crippen molar-refractivity contribution in [1.29, 1.82) is 0 Å². The molecule has 2 rings (SSSR count). The van der Waals surface area contributed by atoms with Gasteiger partial charge in [0.25, 0.3) is 0 Å². The Labute approximate surface area is 107 Å². The quantitative estimate of drug-likeness (QED) is 0.826. The normalized spacial score (nSPS) is 32.3. The largest absolute Gasteiger partial charge is 0.497 e. The Kier molecular flexibility index (Phi) is 3.41. The Balaban J connectivity index is 2.35. The maximum absolute atomic E-state index is 12.1. The molecule has 3 N–H and O–H groups in total. The van der Waals surface area contributed by atoms with E-state index in [4.69, 9.17) is 10.5 Å². The highest BCUT2D eigenvalue weighted by atomic mass is 16.5. The molecule has 4 nitrogen and oxygen atoms in total. The van der Waals surface area contributed by atoms with Crippen molar-refractivity contribution in [2.24, 2.45) is 11.7 Å². The first-order chi connectivity index (χ1) is 8.47. The van der Waals surface area contributed by atoms with E-state index in [1.54, 1.807) is 31.4 Å². The van der Waals surface area contributed by atoms with Crippen LogP contribution in [0.1, 0.15) is 25.3 Å². The van der Waals surface area contributed by atoms with Crippen LogP contribution in [0.15, 0.2) is 24.3 Å². The molecule has 0 spiro atoms. The van der Waals surface area contributed by atoms with Crippen molar-refractivity contribution in [2.45, 2.75) is 31.4 Å². The first-order valence-electron chi connectivity index (χ1n) is 6.13. The number of carbonyl (C=O) groups is 1. The summed E-state index contributed by atoms with van der Waals surface area (Å²) in [5, 5.41) is 9.79. The molecule has 0 saturated heterocycles. The lowest BCUT2D eigenvalue weighted by Gasteiger charge is -2.38. The molecule has 0 heterocycles. The van der Waals surface area contributed by atoms with E-state index >= 15 is 0 Å². The predicted octanol–water partition coefficient (Wildman–Crippen LogP) is 1.21. The summed E-state index contributed by atoms with van der Waals surface area (Å²) in [6.07, 6.45) is 0.101. The fourth-order valence-electron chi connectivity index (χ4n) is 2.67. The second kappa shape index (κ2) is 4.71. The van der Waals surface area contributed by atoms with Gasteiger partial charge in [-0.25, -0.2) is 0 Å². The molecule has 1 aromatic carbocycles. The van der Waals surface area contributed by atoms with Crippen LogP contribution < -0.4 is 10.5 Å². The van der Waals surface area contributed by atoms with Gasteiger partial charge in [0.05, 0.1) is 7.11 Å². The highest BCUT2D eigenvalue weighted by Crippen LogP contribution is 2.36. The third-order valence-corrected chi connectivity index (χ3v) is 3.64. The van der Waals surface area contributed by atoms with E-state index < -0.39 is 11.6 Å². The number of Topliss-reactive ketones (excluding diaryl/α,β-unsaturated/α-hetero) is 1. The summed E-state index contributed by atoms with van der Waals surface area (Å²) in [4.78, 5) is 12.1. The first kappa shape index (κ1) is 13.1. The standard InChI is InChI=1S/C14H19NO3/c1-9-7-12(16)13(17)14(15,8-9)10-3-5-11(18-2)6-4-10/h3-6,9,12,16H,7-8,15H2,1-2H3/t9-,12+,14+/m1/s1. The maximum atomic E-state index is 12.1. The number of nitrogens with two attached hydrogens (primary N) is 1. The van der Waals surface area contributed by atoms with Crippen molar-refractivity contribution in [1.82, 2.24) is 0 Å². The number of aliphatic hydroxyl groups excluding tert-OH is 1. The number of ether oxygens (including phenoxy) is 1. The van der Waals surface area contributed by atoms with Gasteiger partial charge in [-0.2, -0.15) is 0 Å². The molecule has 1 aromatic rings. The van der Waals surface area contributed by atoms with Crippen LogP contribution >= 0.6 is 0 Å². The zero-order valence-corrected chi connectivity index (χ0v) is 10.7. The smallest absolute Gasteiger partial charge is 0.185 e. The molecule has 1 aliphatic rings. The maximum Gasteiger partial charge on any atom is 0.185 e. The Morgan fingerprint density at radius 3 is 2.56 bits per heavy atom. The fraction of sp³-hybridized carbons (Fsp3) is 0.500. The molecule has 98 valence electrons. The molecule has 0 unspecified atom stereocenters. The number of aliphatic hydroxyl groups is 1. The number of ketones is 1. The van der Waals surface area contributed by atoms with Crippen molar-refractivity contribution in [3.8, 4) is 5.75 Å². The summed E-state index contributed by atoms with van der Waals surface area (Å²) >= 11 is 0. The fourth-order valence-corrected chi connectivity index (χ4v) is 2.67. The number of benzene rings is 1. The molecular formula is C14H19NO3. The van der Waals surface area contributed by atoms with Crippen LogP contribution in [0.2, 0.25) is 0 Å². The monoisotopic (exact) mass is 249 g/mol. The molecule has 0 aliphatic heterocycles. The van der Waals surface area contributed by atoms with E-state index in [0.717, 1.165) is 11.3 Å². The minimum Gasteiger partial charge on any atom is -0.497 e. The lowest BCUT2D eigenvalue weighted by Crippen LogP contribution is -2.54. The Morgan fingerprint density at radius 2 is 2.00 bits per heavy atom. The van der Waals surface area contributed by atoms with Gasteiger partial charge < -0.3 is 15.6 Å². The molecule has 1 saturated carbocycles. The molecule has 1 fully saturated rings. The summed E-state index contributed by atoms with van der Waals surface area (Å²) in [6.45, 7) is 2.00. The Morgan fingerprint density at radius 1 is 1.39 bits per heavy atom. The topological polar surface area (TPSA) is 72.6 Å². The average Bonchev–Trinajstić information content (AvgIpc) is 2.36. The van der Waals surface area contributed by atoms with Gasteiger partial charge >= 0.3 is 0 Å². The molecule has 0 amide bonds. The zero-order valence-electron chi connectivity index (χ0n) is 10.7. The van der Waals surface area contributed by atoms with E-state index in [9.17, 15) is 9.90 Å². The lowest BCUT2D eigenvalue weighted by molar-refractivity contribution is -0.137. The minimum absolute atomic E-state index is 0.227. The van der Waals surface area contributed by atoms with Gasteiger partial charge in [-0.05, 0) is 36.5 Å². The van der Waals surface area contributed by atoms with Crippen LogP contribution in [0.4, 0.5) is 0 Å². The van der Waals surface area contributed by atoms with Crippen LogP contribution in [-0.4, -0.2) is 24.1 Å². The molecule has 4 heteroatoms. The van der Waals surface area contributed by atoms with Gasteiger partial charge in [0.2, 0.25) is 0 Å². The van der Waals surface area contributed by atoms with Crippen LogP contribution in [0, 0.1) is 5.92 Å².